The van der Waals surface area contributed by atoms with Gasteiger partial charge in [0.25, 0.3) is 0 Å². The first-order valence-corrected chi connectivity index (χ1v) is 3.56. The monoisotopic (exact) mass is 171 g/mol. The molecule has 1 heterocycles. The third kappa shape index (κ3) is 3.23. The predicted molar refractivity (Wildman–Crippen MR) is 50.5 cm³/mol. The summed E-state index contributed by atoms with van der Waals surface area (Å²) in [6.45, 7) is 4.00. The van der Waals surface area contributed by atoms with Gasteiger partial charge in [0.1, 0.15) is 5.69 Å². The van der Waals surface area contributed by atoms with Crippen LogP contribution in [0.5, 0.6) is 0 Å². The summed E-state index contributed by atoms with van der Waals surface area (Å²) in [5, 5.41) is 8.43. The molecule has 3 heteroatoms. The van der Waals surface area contributed by atoms with Crippen molar-refractivity contribution in [2.75, 3.05) is 0 Å². The summed E-state index contributed by atoms with van der Waals surface area (Å²) in [5.41, 5.74) is 0.315. The zero-order chi connectivity index (χ0) is 8.85. The maximum atomic E-state index is 10.3. The molecule has 1 aromatic rings. The smallest absolute Gasteiger partial charge is 0.352 e. The molecule has 0 aliphatic heterocycles. The molecular formula is C9H17NO2. The molecule has 1 rings (SSSR count). The molecule has 0 saturated carbocycles. The van der Waals surface area contributed by atoms with Crippen molar-refractivity contribution in [2.45, 2.75) is 21.3 Å². The molecule has 0 radical (unpaired) electrons. The van der Waals surface area contributed by atoms with Crippen molar-refractivity contribution in [3.63, 3.8) is 0 Å². The van der Waals surface area contributed by atoms with Crippen LogP contribution in [0.25, 0.3) is 0 Å². The summed E-state index contributed by atoms with van der Waals surface area (Å²) in [6, 6.07) is 3.26. The fourth-order valence-corrected chi connectivity index (χ4v) is 0.683. The number of rotatable bonds is 1. The second-order valence-corrected chi connectivity index (χ2v) is 1.81. The molecule has 0 saturated heterocycles. The topological polar surface area (TPSA) is 42.2 Å². The maximum Gasteiger partial charge on any atom is 0.352 e. The van der Waals surface area contributed by atoms with Crippen LogP contribution in [0, 0.1) is 0 Å². The first kappa shape index (κ1) is 13.3. The van der Waals surface area contributed by atoms with E-state index in [9.17, 15) is 4.79 Å². The van der Waals surface area contributed by atoms with Gasteiger partial charge in [-0.2, -0.15) is 0 Å². The molecule has 0 amide bonds. The molecule has 0 atom stereocenters. The van der Waals surface area contributed by atoms with Crippen molar-refractivity contribution in [2.24, 2.45) is 7.05 Å². The molecule has 0 aromatic carbocycles. The van der Waals surface area contributed by atoms with E-state index in [2.05, 4.69) is 0 Å². The van der Waals surface area contributed by atoms with Crippen molar-refractivity contribution in [3.05, 3.63) is 24.0 Å². The van der Waals surface area contributed by atoms with Crippen LogP contribution in [0.3, 0.4) is 0 Å². The van der Waals surface area contributed by atoms with Crippen LogP contribution in [0.2, 0.25) is 0 Å². The van der Waals surface area contributed by atoms with Gasteiger partial charge in [-0.15, -0.1) is 0 Å². The minimum atomic E-state index is -0.887. The van der Waals surface area contributed by atoms with Crippen LogP contribution in [-0.4, -0.2) is 15.6 Å². The quantitative estimate of drug-likeness (QED) is 0.705. The van der Waals surface area contributed by atoms with E-state index >= 15 is 0 Å². The van der Waals surface area contributed by atoms with Crippen molar-refractivity contribution >= 4 is 5.97 Å². The van der Waals surface area contributed by atoms with E-state index < -0.39 is 5.97 Å². The van der Waals surface area contributed by atoms with Crippen LogP contribution in [0.15, 0.2) is 18.3 Å². The molecule has 12 heavy (non-hydrogen) atoms. The number of carbonyl (C=O) groups is 1. The van der Waals surface area contributed by atoms with Crippen LogP contribution in [0.1, 0.15) is 31.8 Å². The summed E-state index contributed by atoms with van der Waals surface area (Å²) in [5.74, 6) is -0.887. The van der Waals surface area contributed by atoms with Gasteiger partial charge in [-0.3, -0.25) is 0 Å². The van der Waals surface area contributed by atoms with Gasteiger partial charge in [-0.05, 0) is 12.1 Å². The second-order valence-electron chi connectivity index (χ2n) is 1.81. The summed E-state index contributed by atoms with van der Waals surface area (Å²) in [6.07, 6.45) is 1.70. The molecule has 0 aliphatic carbocycles. The Bertz CT molecular complexity index is 228. The van der Waals surface area contributed by atoms with E-state index in [1.807, 2.05) is 13.8 Å². The van der Waals surface area contributed by atoms with E-state index in [0.29, 0.717) is 5.69 Å². The number of hydrogen-bond donors (Lipinski definition) is 1. The van der Waals surface area contributed by atoms with Crippen molar-refractivity contribution in [1.82, 2.24) is 4.57 Å². The standard InChI is InChI=1S/C6H7NO2.C2H6.CH4/c1-7-4-2-3-5(7)6(8)9;1-2;/h2-4H,1H3,(H,8,9);1-2H3;1H4. The summed E-state index contributed by atoms with van der Waals surface area (Å²) in [4.78, 5) is 10.3. The number of aryl methyl sites for hydroxylation is 1. The Labute approximate surface area is 73.6 Å². The minimum absolute atomic E-state index is 0. The number of carboxylic acid groups (broad SMARTS) is 1. The lowest BCUT2D eigenvalue weighted by Crippen LogP contribution is -2.02. The van der Waals surface area contributed by atoms with Crippen LogP contribution < -0.4 is 0 Å². The lowest BCUT2D eigenvalue weighted by atomic mass is 10.4. The highest BCUT2D eigenvalue weighted by Gasteiger charge is 2.03. The molecular weight excluding hydrogens is 154 g/mol. The van der Waals surface area contributed by atoms with Gasteiger partial charge in [-0.1, -0.05) is 21.3 Å². The van der Waals surface area contributed by atoms with Crippen LogP contribution in [-0.2, 0) is 7.05 Å². The minimum Gasteiger partial charge on any atom is -0.477 e. The van der Waals surface area contributed by atoms with Crippen LogP contribution in [0.4, 0.5) is 0 Å². The van der Waals surface area contributed by atoms with Crippen molar-refractivity contribution < 1.29 is 9.90 Å². The zero-order valence-electron chi connectivity index (χ0n) is 7.03. The Balaban J connectivity index is 0. The van der Waals surface area contributed by atoms with E-state index in [-0.39, 0.29) is 7.43 Å². The maximum absolute atomic E-state index is 10.3. The predicted octanol–water partition coefficient (Wildman–Crippen LogP) is 2.39. The largest absolute Gasteiger partial charge is 0.477 e. The molecule has 1 aromatic heterocycles. The molecule has 0 spiro atoms. The number of aromatic carboxylic acids is 1. The molecule has 3 nitrogen and oxygen atoms in total. The average Bonchev–Trinajstić information content (AvgIpc) is 2.39. The third-order valence-corrected chi connectivity index (χ3v) is 1.16. The highest BCUT2D eigenvalue weighted by molar-refractivity contribution is 5.85. The van der Waals surface area contributed by atoms with E-state index in [4.69, 9.17) is 5.11 Å². The second kappa shape index (κ2) is 6.46. The molecule has 1 N–H and O–H groups in total. The Morgan fingerprint density at radius 2 is 2.00 bits per heavy atom. The fourth-order valence-electron chi connectivity index (χ4n) is 0.683. The average molecular weight is 171 g/mol. The number of carboxylic acids is 1. The summed E-state index contributed by atoms with van der Waals surface area (Å²) < 4.78 is 1.56. The van der Waals surface area contributed by atoms with Gasteiger partial charge in [0.05, 0.1) is 0 Å². The van der Waals surface area contributed by atoms with Crippen molar-refractivity contribution in [1.29, 1.82) is 0 Å². The van der Waals surface area contributed by atoms with Gasteiger partial charge >= 0.3 is 5.97 Å². The lowest BCUT2D eigenvalue weighted by molar-refractivity contribution is 0.0686. The molecule has 0 bridgehead atoms. The molecule has 0 unspecified atom stereocenters. The first-order valence-electron chi connectivity index (χ1n) is 3.56. The summed E-state index contributed by atoms with van der Waals surface area (Å²) >= 11 is 0. The van der Waals surface area contributed by atoms with E-state index in [1.165, 1.54) is 0 Å². The first-order chi connectivity index (χ1) is 5.22. The zero-order valence-corrected chi connectivity index (χ0v) is 7.03. The van der Waals surface area contributed by atoms with Gasteiger partial charge in [0.2, 0.25) is 0 Å². The Kier molecular flexibility index (Phi) is 7.18. The van der Waals surface area contributed by atoms with E-state index in [0.717, 1.165) is 0 Å². The Morgan fingerprint density at radius 3 is 2.17 bits per heavy atom. The summed E-state index contributed by atoms with van der Waals surface area (Å²) in [7, 11) is 1.70. The number of nitrogens with zero attached hydrogens (tertiary/aromatic N) is 1. The number of hydrogen-bond acceptors (Lipinski definition) is 1. The molecule has 70 valence electrons. The molecule has 0 aliphatic rings. The SMILES string of the molecule is C.CC.Cn1cccc1C(=O)O. The van der Waals surface area contributed by atoms with Crippen molar-refractivity contribution in [3.8, 4) is 0 Å². The van der Waals surface area contributed by atoms with Gasteiger partial charge in [0.15, 0.2) is 0 Å². The van der Waals surface area contributed by atoms with E-state index in [1.54, 1.807) is 29.9 Å². The fraction of sp³-hybridized carbons (Fsp3) is 0.444. The van der Waals surface area contributed by atoms with Crippen LogP contribution >= 0.6 is 0 Å². The highest BCUT2D eigenvalue weighted by Crippen LogP contribution is 1.97. The third-order valence-electron chi connectivity index (χ3n) is 1.16. The highest BCUT2D eigenvalue weighted by atomic mass is 16.4. The van der Waals surface area contributed by atoms with Gasteiger partial charge in [-0.25, -0.2) is 4.79 Å². The van der Waals surface area contributed by atoms with Gasteiger partial charge in [0, 0.05) is 13.2 Å². The van der Waals surface area contributed by atoms with Gasteiger partial charge < -0.3 is 9.67 Å². The lowest BCUT2D eigenvalue weighted by Gasteiger charge is -1.93. The molecule has 0 fully saturated rings. The Hall–Kier alpha value is -1.25. The number of aromatic nitrogens is 1. The Morgan fingerprint density at radius 1 is 1.50 bits per heavy atom. The normalized spacial score (nSPS) is 7.58.